The number of benzene rings is 1. The van der Waals surface area contributed by atoms with Gasteiger partial charge in [0, 0.05) is 34.2 Å². The number of imidazole rings is 1. The van der Waals surface area contributed by atoms with Crippen molar-refractivity contribution in [2.45, 2.75) is 18.0 Å². The number of halogens is 3. The lowest BCUT2D eigenvalue weighted by molar-refractivity contribution is -0.140. The summed E-state index contributed by atoms with van der Waals surface area (Å²) in [6.45, 7) is 1.75. The summed E-state index contributed by atoms with van der Waals surface area (Å²) in [4.78, 5) is 9.01. The Morgan fingerprint density at radius 3 is 2.38 bits per heavy atom. The highest BCUT2D eigenvalue weighted by Gasteiger charge is 2.35. The summed E-state index contributed by atoms with van der Waals surface area (Å²) < 4.78 is 40.9. The van der Waals surface area contributed by atoms with Gasteiger partial charge in [0.15, 0.2) is 5.69 Å². The molecule has 24 heavy (non-hydrogen) atoms. The molecule has 0 aliphatic heterocycles. The van der Waals surface area contributed by atoms with Crippen LogP contribution in [0.4, 0.5) is 13.2 Å². The van der Waals surface area contributed by atoms with E-state index in [1.54, 1.807) is 49.1 Å². The molecule has 124 valence electrons. The van der Waals surface area contributed by atoms with Crippen LogP contribution in [0.1, 0.15) is 11.4 Å². The van der Waals surface area contributed by atoms with Gasteiger partial charge in [0.05, 0.1) is 0 Å². The van der Waals surface area contributed by atoms with E-state index < -0.39 is 11.9 Å². The van der Waals surface area contributed by atoms with E-state index >= 15 is 0 Å². The number of rotatable bonds is 3. The predicted octanol–water partition coefficient (Wildman–Crippen LogP) is 4.98. The van der Waals surface area contributed by atoms with Crippen molar-refractivity contribution in [3.8, 4) is 17.1 Å². The van der Waals surface area contributed by atoms with Crippen LogP contribution >= 0.6 is 11.8 Å². The number of hydrogen-bond donors (Lipinski definition) is 0. The standard InChI is InChI=1S/C17H14F3N3S/c1-11-14(4-3-9-21-11)16-22-15(17(18,19)20)10-23(16)12-5-7-13(24-2)8-6-12/h3-10H,1-2H3. The number of aromatic nitrogens is 3. The van der Waals surface area contributed by atoms with Gasteiger partial charge in [-0.15, -0.1) is 11.8 Å². The fourth-order valence-electron chi connectivity index (χ4n) is 2.37. The number of pyridine rings is 1. The zero-order chi connectivity index (χ0) is 17.3. The van der Waals surface area contributed by atoms with Crippen molar-refractivity contribution >= 4 is 11.8 Å². The second-order valence-electron chi connectivity index (χ2n) is 5.15. The molecule has 0 radical (unpaired) electrons. The van der Waals surface area contributed by atoms with E-state index in [1.807, 2.05) is 18.4 Å². The number of nitrogens with zero attached hydrogens (tertiary/aromatic N) is 3. The molecule has 7 heteroatoms. The molecule has 0 saturated carbocycles. The summed E-state index contributed by atoms with van der Waals surface area (Å²) in [5.41, 5.74) is 0.893. The molecule has 0 spiro atoms. The van der Waals surface area contributed by atoms with Gasteiger partial charge in [0.1, 0.15) is 5.82 Å². The molecule has 0 saturated heterocycles. The van der Waals surface area contributed by atoms with Crippen molar-refractivity contribution in [1.29, 1.82) is 0 Å². The summed E-state index contributed by atoms with van der Waals surface area (Å²) in [6, 6.07) is 10.7. The zero-order valence-electron chi connectivity index (χ0n) is 13.0. The fourth-order valence-corrected chi connectivity index (χ4v) is 2.78. The summed E-state index contributed by atoms with van der Waals surface area (Å²) in [5.74, 6) is 0.227. The first-order valence-electron chi connectivity index (χ1n) is 7.13. The molecule has 0 N–H and O–H groups in total. The van der Waals surface area contributed by atoms with Crippen LogP contribution in [0.5, 0.6) is 0 Å². The molecule has 3 rings (SSSR count). The molecule has 0 aliphatic rings. The predicted molar refractivity (Wildman–Crippen MR) is 88.3 cm³/mol. The van der Waals surface area contributed by atoms with E-state index in [0.717, 1.165) is 11.1 Å². The first kappa shape index (κ1) is 16.6. The lowest BCUT2D eigenvalue weighted by Crippen LogP contribution is -2.05. The van der Waals surface area contributed by atoms with Crippen molar-refractivity contribution in [3.63, 3.8) is 0 Å². The number of thioether (sulfide) groups is 1. The second kappa shape index (κ2) is 6.32. The molecule has 3 nitrogen and oxygen atoms in total. The summed E-state index contributed by atoms with van der Waals surface area (Å²) >= 11 is 1.57. The Kier molecular flexibility index (Phi) is 4.36. The average Bonchev–Trinajstić information content (AvgIpc) is 3.01. The number of aryl methyl sites for hydroxylation is 1. The van der Waals surface area contributed by atoms with Gasteiger partial charge in [-0.25, -0.2) is 4.98 Å². The summed E-state index contributed by atoms with van der Waals surface area (Å²) in [6.07, 6.45) is 0.0631. The Morgan fingerprint density at radius 2 is 1.79 bits per heavy atom. The molecular weight excluding hydrogens is 335 g/mol. The first-order chi connectivity index (χ1) is 11.4. The Balaban J connectivity index is 2.20. The largest absolute Gasteiger partial charge is 0.434 e. The molecule has 0 amide bonds. The van der Waals surface area contributed by atoms with Crippen LogP contribution in [-0.4, -0.2) is 20.8 Å². The van der Waals surface area contributed by atoms with Crippen LogP contribution in [-0.2, 0) is 6.18 Å². The minimum Gasteiger partial charge on any atom is -0.299 e. The van der Waals surface area contributed by atoms with Crippen molar-refractivity contribution in [1.82, 2.24) is 14.5 Å². The van der Waals surface area contributed by atoms with Crippen LogP contribution in [0.25, 0.3) is 17.1 Å². The summed E-state index contributed by atoms with van der Waals surface area (Å²) in [7, 11) is 0. The molecule has 1 aromatic carbocycles. The normalized spacial score (nSPS) is 11.7. The van der Waals surface area contributed by atoms with Gasteiger partial charge < -0.3 is 0 Å². The van der Waals surface area contributed by atoms with Gasteiger partial charge in [0.2, 0.25) is 0 Å². The maximum absolute atomic E-state index is 13.1. The fraction of sp³-hybridized carbons (Fsp3) is 0.176. The molecule has 0 bridgehead atoms. The van der Waals surface area contributed by atoms with Gasteiger partial charge in [-0.1, -0.05) is 0 Å². The minimum absolute atomic E-state index is 0.227. The van der Waals surface area contributed by atoms with E-state index in [4.69, 9.17) is 0 Å². The van der Waals surface area contributed by atoms with Crippen LogP contribution in [0.3, 0.4) is 0 Å². The molecule has 2 aromatic heterocycles. The lowest BCUT2D eigenvalue weighted by Gasteiger charge is -2.09. The SMILES string of the molecule is CSc1ccc(-n2cc(C(F)(F)F)nc2-c2cccnc2C)cc1. The smallest absolute Gasteiger partial charge is 0.299 e. The van der Waals surface area contributed by atoms with Crippen LogP contribution in [0.15, 0.2) is 53.7 Å². The molecule has 0 unspecified atom stereocenters. The Morgan fingerprint density at radius 1 is 1.08 bits per heavy atom. The lowest BCUT2D eigenvalue weighted by atomic mass is 10.2. The van der Waals surface area contributed by atoms with Crippen LogP contribution in [0, 0.1) is 6.92 Å². The van der Waals surface area contributed by atoms with Gasteiger partial charge in [0.25, 0.3) is 0 Å². The van der Waals surface area contributed by atoms with Crippen molar-refractivity contribution in [2.75, 3.05) is 6.26 Å². The van der Waals surface area contributed by atoms with Crippen molar-refractivity contribution < 1.29 is 13.2 Å². The third-order valence-corrected chi connectivity index (χ3v) is 4.34. The van der Waals surface area contributed by atoms with Gasteiger partial charge in [-0.2, -0.15) is 13.2 Å². The van der Waals surface area contributed by atoms with Crippen molar-refractivity contribution in [2.24, 2.45) is 0 Å². The Hall–Kier alpha value is -2.28. The third kappa shape index (κ3) is 3.17. The zero-order valence-corrected chi connectivity index (χ0v) is 13.8. The Bertz CT molecular complexity index is 854. The minimum atomic E-state index is -4.50. The molecular formula is C17H14F3N3S. The molecule has 3 aromatic rings. The molecule has 0 atom stereocenters. The highest BCUT2D eigenvalue weighted by atomic mass is 32.2. The number of hydrogen-bond acceptors (Lipinski definition) is 3. The number of alkyl halides is 3. The average molecular weight is 349 g/mol. The Labute approximate surface area is 141 Å². The monoisotopic (exact) mass is 349 g/mol. The van der Waals surface area contributed by atoms with E-state index in [9.17, 15) is 13.2 Å². The summed E-state index contributed by atoms with van der Waals surface area (Å²) in [5, 5.41) is 0. The van der Waals surface area contributed by atoms with Crippen molar-refractivity contribution in [3.05, 3.63) is 60.2 Å². The highest BCUT2D eigenvalue weighted by molar-refractivity contribution is 7.98. The quantitative estimate of drug-likeness (QED) is 0.625. The first-order valence-corrected chi connectivity index (χ1v) is 8.35. The highest BCUT2D eigenvalue weighted by Crippen LogP contribution is 2.33. The van der Waals surface area contributed by atoms with E-state index in [2.05, 4.69) is 9.97 Å². The third-order valence-electron chi connectivity index (χ3n) is 3.59. The maximum atomic E-state index is 13.1. The van der Waals surface area contributed by atoms with Gasteiger partial charge in [-0.05, 0) is 49.6 Å². The van der Waals surface area contributed by atoms with Gasteiger partial charge in [-0.3, -0.25) is 9.55 Å². The topological polar surface area (TPSA) is 30.7 Å². The molecule has 0 aliphatic carbocycles. The van der Waals surface area contributed by atoms with E-state index in [1.165, 1.54) is 4.57 Å². The van der Waals surface area contributed by atoms with Crippen LogP contribution in [0.2, 0.25) is 0 Å². The van der Waals surface area contributed by atoms with Gasteiger partial charge >= 0.3 is 6.18 Å². The van der Waals surface area contributed by atoms with E-state index in [-0.39, 0.29) is 5.82 Å². The van der Waals surface area contributed by atoms with Crippen LogP contribution < -0.4 is 0 Å². The second-order valence-corrected chi connectivity index (χ2v) is 6.03. The molecule has 2 heterocycles. The van der Waals surface area contributed by atoms with E-state index in [0.29, 0.717) is 16.9 Å². The maximum Gasteiger partial charge on any atom is 0.434 e. The molecule has 0 fully saturated rings.